The van der Waals surface area contributed by atoms with E-state index in [4.69, 9.17) is 16.3 Å². The maximum atomic E-state index is 12.8. The lowest BCUT2D eigenvalue weighted by atomic mass is 9.95. The highest BCUT2D eigenvalue weighted by Crippen LogP contribution is 2.26. The summed E-state index contributed by atoms with van der Waals surface area (Å²) in [5, 5.41) is 6.40. The molecule has 0 aliphatic heterocycles. The molecule has 1 aliphatic rings. The molecule has 0 heterocycles. The fraction of sp³-hybridized carbons (Fsp3) is 0.391. The average molecular weight is 415 g/mol. The van der Waals surface area contributed by atoms with Gasteiger partial charge in [0.1, 0.15) is 5.75 Å². The predicted molar refractivity (Wildman–Crippen MR) is 116 cm³/mol. The molecule has 0 radical (unpaired) electrons. The van der Waals surface area contributed by atoms with Crippen LogP contribution in [0.2, 0.25) is 5.02 Å². The molecule has 2 N–H and O–H groups in total. The maximum absolute atomic E-state index is 12.8. The number of hydrogen-bond donors (Lipinski definition) is 2. The zero-order chi connectivity index (χ0) is 20.6. The third-order valence-corrected chi connectivity index (χ3v) is 5.45. The molecule has 0 spiro atoms. The number of para-hydroxylation sites is 2. The molecule has 3 rings (SSSR count). The van der Waals surface area contributed by atoms with E-state index in [1.807, 2.05) is 6.92 Å². The molecule has 0 bridgehead atoms. The number of nitrogens with one attached hydrogen (secondary N) is 2. The van der Waals surface area contributed by atoms with Crippen LogP contribution < -0.4 is 15.4 Å². The van der Waals surface area contributed by atoms with Gasteiger partial charge in [0.25, 0.3) is 11.8 Å². The van der Waals surface area contributed by atoms with Gasteiger partial charge in [-0.3, -0.25) is 9.59 Å². The van der Waals surface area contributed by atoms with E-state index in [-0.39, 0.29) is 17.9 Å². The minimum absolute atomic E-state index is 0.159. The Hall–Kier alpha value is -2.53. The summed E-state index contributed by atoms with van der Waals surface area (Å²) in [5.41, 5.74) is 0.936. The van der Waals surface area contributed by atoms with Crippen molar-refractivity contribution >= 4 is 29.1 Å². The Morgan fingerprint density at radius 2 is 1.76 bits per heavy atom. The summed E-state index contributed by atoms with van der Waals surface area (Å²) in [7, 11) is 0. The van der Waals surface area contributed by atoms with Gasteiger partial charge in [-0.1, -0.05) is 62.1 Å². The van der Waals surface area contributed by atoms with Gasteiger partial charge in [-0.15, -0.1) is 0 Å². The number of rotatable bonds is 7. The molecule has 1 atom stereocenters. The zero-order valence-electron chi connectivity index (χ0n) is 16.6. The highest BCUT2D eigenvalue weighted by Gasteiger charge is 2.23. The average Bonchev–Trinajstić information content (AvgIpc) is 2.74. The number of hydrogen-bond acceptors (Lipinski definition) is 3. The van der Waals surface area contributed by atoms with Gasteiger partial charge in [-0.25, -0.2) is 0 Å². The van der Waals surface area contributed by atoms with E-state index in [1.54, 1.807) is 48.5 Å². The molecule has 29 heavy (non-hydrogen) atoms. The van der Waals surface area contributed by atoms with Gasteiger partial charge in [-0.05, 0) is 43.5 Å². The minimum Gasteiger partial charge on any atom is -0.479 e. The van der Waals surface area contributed by atoms with Gasteiger partial charge in [-0.2, -0.15) is 0 Å². The fourth-order valence-electron chi connectivity index (χ4n) is 3.53. The van der Waals surface area contributed by atoms with Crippen molar-refractivity contribution in [2.75, 3.05) is 5.32 Å². The number of carbonyl (C=O) groups excluding carboxylic acids is 2. The molecule has 2 amide bonds. The largest absolute Gasteiger partial charge is 0.479 e. The summed E-state index contributed by atoms with van der Waals surface area (Å²) in [4.78, 5) is 25.6. The smallest absolute Gasteiger partial charge is 0.265 e. The van der Waals surface area contributed by atoms with E-state index in [0.29, 0.717) is 28.4 Å². The Kier molecular flexibility index (Phi) is 7.53. The van der Waals surface area contributed by atoms with Crippen molar-refractivity contribution in [2.45, 2.75) is 57.6 Å². The Morgan fingerprint density at radius 3 is 2.48 bits per heavy atom. The lowest BCUT2D eigenvalue weighted by Crippen LogP contribution is -2.37. The summed E-state index contributed by atoms with van der Waals surface area (Å²) < 4.78 is 5.81. The van der Waals surface area contributed by atoms with Gasteiger partial charge < -0.3 is 15.4 Å². The highest BCUT2D eigenvalue weighted by molar-refractivity contribution is 6.32. The quantitative estimate of drug-likeness (QED) is 0.654. The van der Waals surface area contributed by atoms with E-state index in [9.17, 15) is 9.59 Å². The van der Waals surface area contributed by atoms with Crippen LogP contribution in [0.1, 0.15) is 55.8 Å². The van der Waals surface area contributed by atoms with Crippen LogP contribution >= 0.6 is 11.6 Å². The van der Waals surface area contributed by atoms with Gasteiger partial charge in [0.05, 0.1) is 16.3 Å². The van der Waals surface area contributed by atoms with E-state index in [2.05, 4.69) is 10.6 Å². The van der Waals surface area contributed by atoms with Gasteiger partial charge in [0.15, 0.2) is 6.10 Å². The molecule has 154 valence electrons. The normalized spacial score (nSPS) is 15.4. The van der Waals surface area contributed by atoms with E-state index in [0.717, 1.165) is 25.7 Å². The molecule has 1 unspecified atom stereocenters. The molecule has 1 saturated carbocycles. The molecule has 0 saturated heterocycles. The number of ether oxygens (including phenoxy) is 1. The summed E-state index contributed by atoms with van der Waals surface area (Å²) in [6.45, 7) is 1.86. The lowest BCUT2D eigenvalue weighted by Gasteiger charge is -2.23. The van der Waals surface area contributed by atoms with Crippen LogP contribution in [0, 0.1) is 0 Å². The SMILES string of the molecule is CCC(Oc1ccccc1Cl)C(=O)Nc1ccccc1C(=O)NC1CCCCC1. The number of halogens is 1. The van der Waals surface area contributed by atoms with Crippen molar-refractivity contribution in [1.29, 1.82) is 0 Å². The zero-order valence-corrected chi connectivity index (χ0v) is 17.4. The first-order chi connectivity index (χ1) is 14.1. The van der Waals surface area contributed by atoms with Gasteiger partial charge in [0.2, 0.25) is 0 Å². The van der Waals surface area contributed by atoms with E-state index >= 15 is 0 Å². The van der Waals surface area contributed by atoms with Crippen LogP contribution in [0.5, 0.6) is 5.75 Å². The topological polar surface area (TPSA) is 67.4 Å². The van der Waals surface area contributed by atoms with Crippen molar-refractivity contribution in [3.63, 3.8) is 0 Å². The number of anilines is 1. The van der Waals surface area contributed by atoms with Gasteiger partial charge in [0, 0.05) is 6.04 Å². The van der Waals surface area contributed by atoms with Crippen molar-refractivity contribution in [2.24, 2.45) is 0 Å². The molecule has 1 fully saturated rings. The summed E-state index contributed by atoms with van der Waals surface area (Å²) in [6.07, 6.45) is 5.26. The van der Waals surface area contributed by atoms with Crippen molar-refractivity contribution < 1.29 is 14.3 Å². The molecular formula is C23H27ClN2O3. The first-order valence-electron chi connectivity index (χ1n) is 10.2. The maximum Gasteiger partial charge on any atom is 0.265 e. The fourth-order valence-corrected chi connectivity index (χ4v) is 3.71. The van der Waals surface area contributed by atoms with Gasteiger partial charge >= 0.3 is 0 Å². The number of amides is 2. The molecular weight excluding hydrogens is 388 g/mol. The third-order valence-electron chi connectivity index (χ3n) is 5.14. The Labute approximate surface area is 176 Å². The summed E-state index contributed by atoms with van der Waals surface area (Å²) in [6, 6.07) is 14.3. The Balaban J connectivity index is 1.69. The molecule has 5 nitrogen and oxygen atoms in total. The van der Waals surface area contributed by atoms with Crippen LogP contribution in [0.4, 0.5) is 5.69 Å². The standard InChI is InChI=1S/C23H27ClN2O3/c1-2-20(29-21-15-9-7-13-18(21)24)23(28)26-19-14-8-6-12-17(19)22(27)25-16-10-4-3-5-11-16/h6-9,12-16,20H,2-5,10-11H2,1H3,(H,25,27)(H,26,28). The second-order valence-corrected chi connectivity index (χ2v) is 7.70. The first kappa shape index (κ1) is 21.2. The molecule has 1 aliphatic carbocycles. The lowest BCUT2D eigenvalue weighted by molar-refractivity contribution is -0.122. The second kappa shape index (κ2) is 10.3. The molecule has 0 aromatic heterocycles. The van der Waals surface area contributed by atoms with Crippen LogP contribution in [0.25, 0.3) is 0 Å². The number of benzene rings is 2. The van der Waals surface area contributed by atoms with Crippen molar-refractivity contribution in [1.82, 2.24) is 5.32 Å². The predicted octanol–water partition coefficient (Wildman–Crippen LogP) is 5.20. The second-order valence-electron chi connectivity index (χ2n) is 7.29. The molecule has 6 heteroatoms. The van der Waals surface area contributed by atoms with Crippen LogP contribution in [-0.4, -0.2) is 24.0 Å². The third kappa shape index (κ3) is 5.73. The minimum atomic E-state index is -0.718. The summed E-state index contributed by atoms with van der Waals surface area (Å²) in [5.74, 6) is -0.0160. The number of carbonyl (C=O) groups is 2. The monoisotopic (exact) mass is 414 g/mol. The highest BCUT2D eigenvalue weighted by atomic mass is 35.5. The van der Waals surface area contributed by atoms with Crippen molar-refractivity contribution in [3.05, 3.63) is 59.1 Å². The summed E-state index contributed by atoms with van der Waals surface area (Å²) >= 11 is 6.14. The Morgan fingerprint density at radius 1 is 1.07 bits per heavy atom. The van der Waals surface area contributed by atoms with Crippen molar-refractivity contribution in [3.8, 4) is 5.75 Å². The molecule has 2 aromatic carbocycles. The van der Waals surface area contributed by atoms with Crippen LogP contribution in [-0.2, 0) is 4.79 Å². The molecule has 2 aromatic rings. The van der Waals surface area contributed by atoms with Crippen LogP contribution in [0.15, 0.2) is 48.5 Å². The first-order valence-corrected chi connectivity index (χ1v) is 10.6. The van der Waals surface area contributed by atoms with Crippen LogP contribution in [0.3, 0.4) is 0 Å². The Bertz CT molecular complexity index is 850. The van der Waals surface area contributed by atoms with E-state index < -0.39 is 6.10 Å². The van der Waals surface area contributed by atoms with E-state index in [1.165, 1.54) is 6.42 Å².